The number of anilines is 1. The molecule has 3 rings (SSSR count). The number of fused-ring (bicyclic) bond motifs is 1. The first-order chi connectivity index (χ1) is 10.5. The summed E-state index contributed by atoms with van der Waals surface area (Å²) in [6, 6.07) is 4.78. The van der Waals surface area contributed by atoms with E-state index in [4.69, 9.17) is 44.3 Å². The van der Waals surface area contributed by atoms with Gasteiger partial charge in [-0.2, -0.15) is 0 Å². The van der Waals surface area contributed by atoms with E-state index < -0.39 is 0 Å². The fraction of sp³-hybridized carbons (Fsp3) is 0.214. The second-order valence-electron chi connectivity index (χ2n) is 4.52. The van der Waals surface area contributed by atoms with Gasteiger partial charge in [-0.25, -0.2) is 0 Å². The van der Waals surface area contributed by atoms with Crippen LogP contribution < -0.4 is 14.8 Å². The number of carbonyl (C=O) groups is 1. The fourth-order valence-corrected chi connectivity index (χ4v) is 3.62. The first kappa shape index (κ1) is 15.7. The van der Waals surface area contributed by atoms with Gasteiger partial charge >= 0.3 is 0 Å². The standard InChI is InChI=1S/C14H10Cl3NO3S/c15-8-5-10-11(21-3-1-2-20-10)6-9(8)18-14(19)7-4-12(16)22-13(7)17/h4-6H,1-3H2,(H,18,19). The summed E-state index contributed by atoms with van der Waals surface area (Å²) in [6.45, 7) is 1.12. The monoisotopic (exact) mass is 377 g/mol. The van der Waals surface area contributed by atoms with Crippen LogP contribution >= 0.6 is 46.1 Å². The van der Waals surface area contributed by atoms with Crippen molar-refractivity contribution in [3.8, 4) is 11.5 Å². The van der Waals surface area contributed by atoms with E-state index in [-0.39, 0.29) is 5.91 Å². The molecule has 1 aromatic heterocycles. The molecule has 1 aliphatic heterocycles. The van der Waals surface area contributed by atoms with Gasteiger partial charge in [0.05, 0.1) is 33.8 Å². The largest absolute Gasteiger partial charge is 0.490 e. The Labute approximate surface area is 145 Å². The molecule has 1 aromatic carbocycles. The molecule has 0 atom stereocenters. The summed E-state index contributed by atoms with van der Waals surface area (Å²) in [5.41, 5.74) is 0.731. The molecule has 0 radical (unpaired) electrons. The Hall–Kier alpha value is -1.14. The first-order valence-corrected chi connectivity index (χ1v) is 8.35. The second kappa shape index (κ2) is 6.54. The molecular weight excluding hydrogens is 369 g/mol. The number of rotatable bonds is 2. The summed E-state index contributed by atoms with van der Waals surface area (Å²) in [4.78, 5) is 12.3. The Kier molecular flexibility index (Phi) is 4.68. The second-order valence-corrected chi connectivity index (χ2v) is 7.21. The highest BCUT2D eigenvalue weighted by Crippen LogP contribution is 2.38. The van der Waals surface area contributed by atoms with E-state index in [1.807, 2.05) is 0 Å². The molecule has 0 saturated heterocycles. The molecule has 0 spiro atoms. The van der Waals surface area contributed by atoms with Crippen molar-refractivity contribution >= 4 is 57.7 Å². The van der Waals surface area contributed by atoms with E-state index in [0.29, 0.717) is 49.7 Å². The number of hydrogen-bond donors (Lipinski definition) is 1. The van der Waals surface area contributed by atoms with Gasteiger partial charge in [0.15, 0.2) is 11.5 Å². The predicted octanol–water partition coefficient (Wildman–Crippen LogP) is 5.12. The van der Waals surface area contributed by atoms with Gasteiger partial charge < -0.3 is 14.8 Å². The van der Waals surface area contributed by atoms with Crippen LogP contribution in [0.15, 0.2) is 18.2 Å². The van der Waals surface area contributed by atoms with E-state index in [2.05, 4.69) is 5.32 Å². The maximum atomic E-state index is 12.3. The highest BCUT2D eigenvalue weighted by Gasteiger charge is 2.18. The molecule has 0 aliphatic carbocycles. The molecule has 1 N–H and O–H groups in total. The Morgan fingerprint density at radius 3 is 2.41 bits per heavy atom. The van der Waals surface area contributed by atoms with Crippen LogP contribution in [0.1, 0.15) is 16.8 Å². The fourth-order valence-electron chi connectivity index (χ4n) is 1.96. The molecule has 22 heavy (non-hydrogen) atoms. The summed E-state index contributed by atoms with van der Waals surface area (Å²) in [5, 5.41) is 3.06. The lowest BCUT2D eigenvalue weighted by Gasteiger charge is -2.12. The number of halogens is 3. The van der Waals surface area contributed by atoms with Crippen molar-refractivity contribution in [1.82, 2.24) is 0 Å². The van der Waals surface area contributed by atoms with Crippen molar-refractivity contribution in [3.63, 3.8) is 0 Å². The quantitative estimate of drug-likeness (QED) is 0.789. The maximum absolute atomic E-state index is 12.3. The van der Waals surface area contributed by atoms with Crippen molar-refractivity contribution in [2.75, 3.05) is 18.5 Å². The summed E-state index contributed by atoms with van der Waals surface area (Å²) < 4.78 is 11.9. The number of hydrogen-bond acceptors (Lipinski definition) is 4. The average molecular weight is 379 g/mol. The van der Waals surface area contributed by atoms with Gasteiger partial charge in [-0.15, -0.1) is 11.3 Å². The number of carbonyl (C=O) groups excluding carboxylic acids is 1. The van der Waals surface area contributed by atoms with Crippen molar-refractivity contribution < 1.29 is 14.3 Å². The minimum Gasteiger partial charge on any atom is -0.490 e. The molecule has 8 heteroatoms. The lowest BCUT2D eigenvalue weighted by molar-refractivity contribution is 0.102. The first-order valence-electron chi connectivity index (χ1n) is 6.40. The Morgan fingerprint density at radius 1 is 1.09 bits per heavy atom. The molecule has 0 bridgehead atoms. The van der Waals surface area contributed by atoms with Crippen molar-refractivity contribution in [1.29, 1.82) is 0 Å². The van der Waals surface area contributed by atoms with Gasteiger partial charge in [0, 0.05) is 18.6 Å². The summed E-state index contributed by atoms with van der Waals surface area (Å²) >= 11 is 19.1. The Bertz CT molecular complexity index is 732. The number of amides is 1. The van der Waals surface area contributed by atoms with Gasteiger partial charge in [0.1, 0.15) is 4.34 Å². The van der Waals surface area contributed by atoms with Gasteiger partial charge in [-0.05, 0) is 6.07 Å². The number of thiophene rings is 1. The number of benzene rings is 1. The minimum absolute atomic E-state index is 0.305. The zero-order chi connectivity index (χ0) is 15.7. The van der Waals surface area contributed by atoms with Crippen LogP contribution in [0.2, 0.25) is 13.7 Å². The third kappa shape index (κ3) is 3.27. The van der Waals surface area contributed by atoms with Crippen LogP contribution in [0.3, 0.4) is 0 Å². The normalized spacial score (nSPS) is 13.6. The van der Waals surface area contributed by atoms with Gasteiger partial charge in [0.25, 0.3) is 5.91 Å². The zero-order valence-electron chi connectivity index (χ0n) is 11.1. The SMILES string of the molecule is O=C(Nc1cc2c(cc1Cl)OCCCO2)c1cc(Cl)sc1Cl. The Balaban J connectivity index is 1.87. The highest BCUT2D eigenvalue weighted by molar-refractivity contribution is 7.20. The van der Waals surface area contributed by atoms with Crippen LogP contribution in [0.5, 0.6) is 11.5 Å². The molecule has 4 nitrogen and oxygen atoms in total. The molecular formula is C14H10Cl3NO3S. The van der Waals surface area contributed by atoms with Crippen LogP contribution in [-0.2, 0) is 0 Å². The third-order valence-electron chi connectivity index (χ3n) is 2.99. The summed E-state index contributed by atoms with van der Waals surface area (Å²) in [6.07, 6.45) is 0.789. The smallest absolute Gasteiger partial charge is 0.258 e. The van der Waals surface area contributed by atoms with Gasteiger partial charge in [-0.3, -0.25) is 4.79 Å². The third-order valence-corrected chi connectivity index (χ3v) is 4.79. The zero-order valence-corrected chi connectivity index (χ0v) is 14.2. The molecule has 0 unspecified atom stereocenters. The van der Waals surface area contributed by atoms with Crippen LogP contribution in [-0.4, -0.2) is 19.1 Å². The molecule has 116 valence electrons. The van der Waals surface area contributed by atoms with Crippen LogP contribution in [0.4, 0.5) is 5.69 Å². The van der Waals surface area contributed by atoms with E-state index in [9.17, 15) is 4.79 Å². The van der Waals surface area contributed by atoms with Crippen LogP contribution in [0.25, 0.3) is 0 Å². The van der Waals surface area contributed by atoms with E-state index in [1.54, 1.807) is 12.1 Å². The lowest BCUT2D eigenvalue weighted by atomic mass is 10.2. The van der Waals surface area contributed by atoms with Gasteiger partial charge in [0.2, 0.25) is 0 Å². The highest BCUT2D eigenvalue weighted by atomic mass is 35.5. The van der Waals surface area contributed by atoms with Crippen LogP contribution in [0, 0.1) is 0 Å². The molecule has 0 fully saturated rings. The minimum atomic E-state index is -0.385. The number of ether oxygens (including phenoxy) is 2. The van der Waals surface area contributed by atoms with E-state index in [1.165, 1.54) is 6.07 Å². The molecule has 1 aliphatic rings. The van der Waals surface area contributed by atoms with Crippen molar-refractivity contribution in [2.24, 2.45) is 0 Å². The van der Waals surface area contributed by atoms with E-state index >= 15 is 0 Å². The number of nitrogens with one attached hydrogen (secondary N) is 1. The molecule has 2 heterocycles. The van der Waals surface area contributed by atoms with E-state index in [0.717, 1.165) is 17.8 Å². The molecule has 2 aromatic rings. The van der Waals surface area contributed by atoms with Crippen molar-refractivity contribution in [3.05, 3.63) is 37.5 Å². The summed E-state index contributed by atoms with van der Waals surface area (Å²) in [7, 11) is 0. The lowest BCUT2D eigenvalue weighted by Crippen LogP contribution is -2.12. The predicted molar refractivity (Wildman–Crippen MR) is 89.4 cm³/mol. The Morgan fingerprint density at radius 2 is 1.77 bits per heavy atom. The topological polar surface area (TPSA) is 47.6 Å². The average Bonchev–Trinajstić information content (AvgIpc) is 2.67. The molecule has 1 amide bonds. The van der Waals surface area contributed by atoms with Gasteiger partial charge in [-0.1, -0.05) is 34.8 Å². The van der Waals surface area contributed by atoms with Crippen molar-refractivity contribution in [2.45, 2.75) is 6.42 Å². The maximum Gasteiger partial charge on any atom is 0.258 e. The molecule has 0 saturated carbocycles. The summed E-state index contributed by atoms with van der Waals surface area (Å²) in [5.74, 6) is 0.730.